The first-order valence-electron chi connectivity index (χ1n) is 6.95. The molecule has 1 aromatic rings. The molecule has 1 aromatic carbocycles. The summed E-state index contributed by atoms with van der Waals surface area (Å²) >= 11 is 5.20. The molecular formula is C15H16N2O4S. The van der Waals surface area contributed by atoms with Gasteiger partial charge in [0.05, 0.1) is 18.2 Å². The number of ether oxygens (including phenoxy) is 3. The third-order valence-corrected chi connectivity index (χ3v) is 3.71. The molecule has 0 saturated carbocycles. The fourth-order valence-electron chi connectivity index (χ4n) is 2.52. The van der Waals surface area contributed by atoms with Gasteiger partial charge in [0.1, 0.15) is 0 Å². The van der Waals surface area contributed by atoms with Crippen LogP contribution in [0.2, 0.25) is 0 Å². The Morgan fingerprint density at radius 3 is 2.95 bits per heavy atom. The second-order valence-electron chi connectivity index (χ2n) is 4.90. The van der Waals surface area contributed by atoms with E-state index < -0.39 is 0 Å². The third-order valence-electron chi connectivity index (χ3n) is 3.49. The molecule has 0 spiro atoms. The Bertz CT molecular complexity index is 672. The van der Waals surface area contributed by atoms with Gasteiger partial charge in [-0.1, -0.05) is 6.07 Å². The van der Waals surface area contributed by atoms with E-state index in [-0.39, 0.29) is 18.8 Å². The first-order chi connectivity index (χ1) is 10.6. The Morgan fingerprint density at radius 1 is 1.41 bits per heavy atom. The first-order valence-corrected chi connectivity index (χ1v) is 7.36. The van der Waals surface area contributed by atoms with Crippen molar-refractivity contribution in [3.63, 3.8) is 0 Å². The molecule has 3 rings (SSSR count). The Hall–Kier alpha value is -2.28. The number of hydrogen-bond acceptors (Lipinski definition) is 5. The van der Waals surface area contributed by atoms with Crippen molar-refractivity contribution in [3.8, 4) is 11.5 Å². The van der Waals surface area contributed by atoms with Crippen molar-refractivity contribution in [3.05, 3.63) is 35.0 Å². The second kappa shape index (κ2) is 5.84. The van der Waals surface area contributed by atoms with E-state index in [1.165, 1.54) is 0 Å². The minimum Gasteiger partial charge on any atom is -0.463 e. The van der Waals surface area contributed by atoms with Gasteiger partial charge in [-0.15, -0.1) is 0 Å². The molecule has 2 heterocycles. The second-order valence-corrected chi connectivity index (χ2v) is 5.31. The average Bonchev–Trinajstić information content (AvgIpc) is 2.93. The monoisotopic (exact) mass is 320 g/mol. The van der Waals surface area contributed by atoms with Gasteiger partial charge in [0.15, 0.2) is 16.6 Å². The number of hydrogen-bond donors (Lipinski definition) is 2. The molecule has 0 fully saturated rings. The summed E-state index contributed by atoms with van der Waals surface area (Å²) in [4.78, 5) is 12.3. The lowest BCUT2D eigenvalue weighted by atomic mass is 9.95. The highest BCUT2D eigenvalue weighted by Gasteiger charge is 2.31. The molecule has 22 heavy (non-hydrogen) atoms. The summed E-state index contributed by atoms with van der Waals surface area (Å²) in [5.74, 6) is 0.980. The molecule has 0 unspecified atom stereocenters. The number of carbonyl (C=O) groups is 1. The van der Waals surface area contributed by atoms with E-state index in [1.807, 2.05) is 18.2 Å². The van der Waals surface area contributed by atoms with Gasteiger partial charge in [0.25, 0.3) is 0 Å². The van der Waals surface area contributed by atoms with Gasteiger partial charge in [-0.2, -0.15) is 0 Å². The first kappa shape index (κ1) is 14.6. The minimum absolute atomic E-state index is 0.205. The van der Waals surface area contributed by atoms with E-state index >= 15 is 0 Å². The fourth-order valence-corrected chi connectivity index (χ4v) is 2.79. The molecule has 7 heteroatoms. The number of thiocarbonyl (C=S) groups is 1. The summed E-state index contributed by atoms with van der Waals surface area (Å²) in [5, 5.41) is 6.54. The van der Waals surface area contributed by atoms with Gasteiger partial charge in [0, 0.05) is 5.70 Å². The van der Waals surface area contributed by atoms with Crippen LogP contribution in [0.1, 0.15) is 25.5 Å². The van der Waals surface area contributed by atoms with Crippen LogP contribution in [0.25, 0.3) is 0 Å². The smallest absolute Gasteiger partial charge is 0.338 e. The van der Waals surface area contributed by atoms with Crippen LogP contribution in [-0.2, 0) is 9.53 Å². The van der Waals surface area contributed by atoms with Crippen LogP contribution in [0.4, 0.5) is 0 Å². The van der Waals surface area contributed by atoms with Gasteiger partial charge in [-0.3, -0.25) is 0 Å². The number of carbonyl (C=O) groups excluding carboxylic acids is 1. The van der Waals surface area contributed by atoms with E-state index in [9.17, 15) is 4.79 Å². The van der Waals surface area contributed by atoms with E-state index in [2.05, 4.69) is 10.6 Å². The van der Waals surface area contributed by atoms with Gasteiger partial charge in [0.2, 0.25) is 6.79 Å². The van der Waals surface area contributed by atoms with Crippen molar-refractivity contribution < 1.29 is 19.0 Å². The highest BCUT2D eigenvalue weighted by molar-refractivity contribution is 7.80. The molecule has 0 bridgehead atoms. The quantitative estimate of drug-likeness (QED) is 0.650. The van der Waals surface area contributed by atoms with E-state index in [1.54, 1.807) is 13.8 Å². The Balaban J connectivity index is 2.00. The molecule has 2 N–H and O–H groups in total. The average molecular weight is 320 g/mol. The standard InChI is InChI=1S/C15H16N2O4S/c1-3-19-14(18)12-8(2)16-15(22)17-13(12)9-4-5-10-11(6-9)21-7-20-10/h4-6,13H,3,7H2,1-2H3,(H2,16,17,22)/t13-/m0/s1. The predicted molar refractivity (Wildman–Crippen MR) is 83.5 cm³/mol. The number of fused-ring (bicyclic) bond motifs is 1. The summed E-state index contributed by atoms with van der Waals surface area (Å²) < 4.78 is 15.9. The van der Waals surface area contributed by atoms with Crippen LogP contribution in [0.3, 0.4) is 0 Å². The molecular weight excluding hydrogens is 304 g/mol. The summed E-state index contributed by atoms with van der Waals surface area (Å²) in [6.07, 6.45) is 0. The lowest BCUT2D eigenvalue weighted by molar-refractivity contribution is -0.139. The zero-order valence-electron chi connectivity index (χ0n) is 12.3. The van der Waals surface area contributed by atoms with Crippen LogP contribution in [0.5, 0.6) is 11.5 Å². The molecule has 0 amide bonds. The molecule has 116 valence electrons. The van der Waals surface area contributed by atoms with Crippen LogP contribution in [-0.4, -0.2) is 24.5 Å². The SMILES string of the molecule is CCOC(=O)C1=C(C)NC(=S)N[C@H]1c1ccc2c(c1)OCO2. The third kappa shape index (κ3) is 2.59. The maximum atomic E-state index is 12.3. The van der Waals surface area contributed by atoms with Crippen molar-refractivity contribution in [2.24, 2.45) is 0 Å². The molecule has 0 saturated heterocycles. The van der Waals surface area contributed by atoms with Crippen LogP contribution in [0, 0.1) is 0 Å². The maximum absolute atomic E-state index is 12.3. The van der Waals surface area contributed by atoms with E-state index in [0.717, 1.165) is 5.56 Å². The fraction of sp³-hybridized carbons (Fsp3) is 0.333. The van der Waals surface area contributed by atoms with Crippen molar-refractivity contribution >= 4 is 23.3 Å². The number of esters is 1. The Kier molecular flexibility index (Phi) is 3.89. The number of benzene rings is 1. The summed E-state index contributed by atoms with van der Waals surface area (Å²) in [6.45, 7) is 4.10. The zero-order valence-corrected chi connectivity index (χ0v) is 13.1. The molecule has 0 aliphatic carbocycles. The predicted octanol–water partition coefficient (Wildman–Crippen LogP) is 1.77. The normalized spacial score (nSPS) is 19.5. The number of rotatable bonds is 3. The van der Waals surface area contributed by atoms with Crippen molar-refractivity contribution in [1.29, 1.82) is 0 Å². The molecule has 6 nitrogen and oxygen atoms in total. The van der Waals surface area contributed by atoms with Gasteiger partial charge in [-0.25, -0.2) is 4.79 Å². The van der Waals surface area contributed by atoms with Crippen molar-refractivity contribution in [2.45, 2.75) is 19.9 Å². The Labute approximate surface area is 133 Å². The van der Waals surface area contributed by atoms with Crippen LogP contribution in [0.15, 0.2) is 29.5 Å². The summed E-state index contributed by atoms with van der Waals surface area (Å²) in [7, 11) is 0. The molecule has 2 aliphatic rings. The van der Waals surface area contributed by atoms with Gasteiger partial charge >= 0.3 is 5.97 Å². The van der Waals surface area contributed by atoms with Crippen LogP contribution < -0.4 is 20.1 Å². The highest BCUT2D eigenvalue weighted by atomic mass is 32.1. The number of allylic oxidation sites excluding steroid dienone is 1. The molecule has 2 aliphatic heterocycles. The van der Waals surface area contributed by atoms with E-state index in [4.69, 9.17) is 26.4 Å². The lowest BCUT2D eigenvalue weighted by Crippen LogP contribution is -2.45. The van der Waals surface area contributed by atoms with Gasteiger partial charge < -0.3 is 24.8 Å². The maximum Gasteiger partial charge on any atom is 0.338 e. The summed E-state index contributed by atoms with van der Waals surface area (Å²) in [5.41, 5.74) is 2.05. The molecule has 0 radical (unpaired) electrons. The topological polar surface area (TPSA) is 68.8 Å². The number of nitrogens with one attached hydrogen (secondary N) is 2. The zero-order chi connectivity index (χ0) is 15.7. The Morgan fingerprint density at radius 2 is 2.18 bits per heavy atom. The largest absolute Gasteiger partial charge is 0.463 e. The minimum atomic E-state index is -0.387. The van der Waals surface area contributed by atoms with E-state index in [0.29, 0.717) is 34.5 Å². The van der Waals surface area contributed by atoms with Gasteiger partial charge in [-0.05, 0) is 43.8 Å². The molecule has 0 aromatic heterocycles. The lowest BCUT2D eigenvalue weighted by Gasteiger charge is -2.29. The van der Waals surface area contributed by atoms with Crippen LogP contribution >= 0.6 is 12.2 Å². The molecule has 1 atom stereocenters. The van der Waals surface area contributed by atoms with Crippen molar-refractivity contribution in [1.82, 2.24) is 10.6 Å². The highest BCUT2D eigenvalue weighted by Crippen LogP contribution is 2.36. The summed E-state index contributed by atoms with van der Waals surface area (Å²) in [6, 6.07) is 5.16. The van der Waals surface area contributed by atoms with Crippen molar-refractivity contribution in [2.75, 3.05) is 13.4 Å².